The lowest BCUT2D eigenvalue weighted by Crippen LogP contribution is -2.23. The largest absolute Gasteiger partial charge is 0.381 e. The number of hydrogen-bond donors (Lipinski definition) is 0. The van der Waals surface area contributed by atoms with Crippen LogP contribution in [-0.4, -0.2) is 41.0 Å². The maximum absolute atomic E-state index is 5.64. The summed E-state index contributed by atoms with van der Waals surface area (Å²) in [6.07, 6.45) is 6.39. The number of nitrogens with zero attached hydrogens (tertiary/aromatic N) is 3. The second-order valence-corrected chi connectivity index (χ2v) is 6.50. The first kappa shape index (κ1) is 14.2. The summed E-state index contributed by atoms with van der Waals surface area (Å²) < 4.78 is 13.5. The van der Waals surface area contributed by atoms with Crippen molar-refractivity contribution < 1.29 is 9.47 Å². The van der Waals surface area contributed by atoms with Crippen LogP contribution in [0.3, 0.4) is 0 Å². The maximum Gasteiger partial charge on any atom is 0.159 e. The van der Waals surface area contributed by atoms with Crippen LogP contribution in [0.5, 0.6) is 0 Å². The molecule has 118 valence electrons. The average molecular weight is 301 g/mol. The summed E-state index contributed by atoms with van der Waals surface area (Å²) >= 11 is 0. The van der Waals surface area contributed by atoms with Gasteiger partial charge < -0.3 is 14.0 Å². The third-order valence-corrected chi connectivity index (χ3v) is 4.77. The Labute approximate surface area is 130 Å². The topological polar surface area (TPSA) is 49.2 Å². The fourth-order valence-electron chi connectivity index (χ4n) is 3.57. The SMILES string of the molecule is c1cnc2c(c1)nc(CC1CCOC1)n2CC1CCCOC1. The van der Waals surface area contributed by atoms with Crippen LogP contribution in [0, 0.1) is 11.8 Å². The molecule has 2 aromatic rings. The molecule has 0 spiro atoms. The van der Waals surface area contributed by atoms with Crippen molar-refractivity contribution in [3.8, 4) is 0 Å². The Morgan fingerprint density at radius 2 is 2.05 bits per heavy atom. The van der Waals surface area contributed by atoms with E-state index in [2.05, 4.69) is 15.6 Å². The van der Waals surface area contributed by atoms with Crippen molar-refractivity contribution in [1.29, 1.82) is 0 Å². The predicted octanol–water partition coefficient (Wildman–Crippen LogP) is 2.44. The number of fused-ring (bicyclic) bond motifs is 1. The third-order valence-electron chi connectivity index (χ3n) is 4.77. The molecule has 2 unspecified atom stereocenters. The van der Waals surface area contributed by atoms with E-state index in [0.717, 1.165) is 69.2 Å². The second-order valence-electron chi connectivity index (χ2n) is 6.50. The highest BCUT2D eigenvalue weighted by molar-refractivity contribution is 5.71. The summed E-state index contributed by atoms with van der Waals surface area (Å²) in [5, 5.41) is 0. The van der Waals surface area contributed by atoms with Gasteiger partial charge in [-0.15, -0.1) is 0 Å². The molecule has 0 aliphatic carbocycles. The van der Waals surface area contributed by atoms with E-state index in [4.69, 9.17) is 14.5 Å². The van der Waals surface area contributed by atoms with Gasteiger partial charge in [0.15, 0.2) is 5.65 Å². The van der Waals surface area contributed by atoms with Crippen LogP contribution in [0.15, 0.2) is 18.3 Å². The van der Waals surface area contributed by atoms with E-state index in [1.807, 2.05) is 12.3 Å². The molecule has 2 aliphatic rings. The smallest absolute Gasteiger partial charge is 0.159 e. The van der Waals surface area contributed by atoms with Crippen molar-refractivity contribution >= 4 is 11.2 Å². The summed E-state index contributed by atoms with van der Waals surface area (Å²) in [5.41, 5.74) is 2.02. The Kier molecular flexibility index (Phi) is 4.08. The number of pyridine rings is 1. The molecule has 5 heteroatoms. The van der Waals surface area contributed by atoms with Crippen LogP contribution in [0.4, 0.5) is 0 Å². The highest BCUT2D eigenvalue weighted by Crippen LogP contribution is 2.24. The van der Waals surface area contributed by atoms with E-state index >= 15 is 0 Å². The molecule has 2 aliphatic heterocycles. The summed E-state index contributed by atoms with van der Waals surface area (Å²) in [4.78, 5) is 9.42. The normalized spacial score (nSPS) is 25.8. The number of ether oxygens (including phenoxy) is 2. The van der Waals surface area contributed by atoms with Crippen molar-refractivity contribution in [2.75, 3.05) is 26.4 Å². The zero-order valence-corrected chi connectivity index (χ0v) is 12.9. The van der Waals surface area contributed by atoms with Crippen molar-refractivity contribution in [3.05, 3.63) is 24.2 Å². The summed E-state index contributed by atoms with van der Waals surface area (Å²) in [6, 6.07) is 4.02. The molecule has 2 atom stereocenters. The van der Waals surface area contributed by atoms with Crippen LogP contribution in [-0.2, 0) is 22.4 Å². The summed E-state index contributed by atoms with van der Waals surface area (Å²) in [6.45, 7) is 4.49. The number of hydrogen-bond acceptors (Lipinski definition) is 4. The zero-order valence-electron chi connectivity index (χ0n) is 12.9. The first-order chi connectivity index (χ1) is 10.9. The molecule has 4 rings (SSSR count). The van der Waals surface area contributed by atoms with Crippen LogP contribution in [0.2, 0.25) is 0 Å². The van der Waals surface area contributed by atoms with Gasteiger partial charge in [0.1, 0.15) is 11.3 Å². The fourth-order valence-corrected chi connectivity index (χ4v) is 3.57. The van der Waals surface area contributed by atoms with E-state index in [9.17, 15) is 0 Å². The fraction of sp³-hybridized carbons (Fsp3) is 0.647. The zero-order chi connectivity index (χ0) is 14.8. The Morgan fingerprint density at radius 3 is 2.86 bits per heavy atom. The molecule has 4 heterocycles. The highest BCUT2D eigenvalue weighted by Gasteiger charge is 2.23. The van der Waals surface area contributed by atoms with Crippen LogP contribution >= 0.6 is 0 Å². The van der Waals surface area contributed by atoms with Crippen molar-refractivity contribution in [3.63, 3.8) is 0 Å². The van der Waals surface area contributed by atoms with Crippen molar-refractivity contribution in [2.24, 2.45) is 11.8 Å². The van der Waals surface area contributed by atoms with E-state index in [1.54, 1.807) is 0 Å². The van der Waals surface area contributed by atoms with Gasteiger partial charge in [-0.05, 0) is 37.3 Å². The molecular weight excluding hydrogens is 278 g/mol. The number of aromatic nitrogens is 3. The van der Waals surface area contributed by atoms with Gasteiger partial charge in [-0.1, -0.05) is 0 Å². The molecule has 2 aromatic heterocycles. The lowest BCUT2D eigenvalue weighted by Gasteiger charge is -2.23. The van der Waals surface area contributed by atoms with Gasteiger partial charge in [0.2, 0.25) is 0 Å². The minimum atomic E-state index is 0.576. The van der Waals surface area contributed by atoms with Gasteiger partial charge in [0.05, 0.1) is 6.61 Å². The van der Waals surface area contributed by atoms with Gasteiger partial charge in [0.25, 0.3) is 0 Å². The molecule has 0 N–H and O–H groups in total. The minimum Gasteiger partial charge on any atom is -0.381 e. The Bertz CT molecular complexity index is 628. The molecule has 0 saturated carbocycles. The minimum absolute atomic E-state index is 0.576. The van der Waals surface area contributed by atoms with E-state index in [0.29, 0.717) is 11.8 Å². The van der Waals surface area contributed by atoms with E-state index in [1.165, 1.54) is 6.42 Å². The predicted molar refractivity (Wildman–Crippen MR) is 83.7 cm³/mol. The molecule has 0 bridgehead atoms. The molecule has 5 nitrogen and oxygen atoms in total. The Hall–Kier alpha value is -1.46. The molecule has 2 saturated heterocycles. The third kappa shape index (κ3) is 2.88. The summed E-state index contributed by atoms with van der Waals surface area (Å²) in [7, 11) is 0. The molecular formula is C17H23N3O2. The quantitative estimate of drug-likeness (QED) is 0.870. The van der Waals surface area contributed by atoms with Crippen LogP contribution in [0.25, 0.3) is 11.2 Å². The molecule has 0 aromatic carbocycles. The molecule has 0 amide bonds. The lowest BCUT2D eigenvalue weighted by atomic mass is 10.0. The molecule has 22 heavy (non-hydrogen) atoms. The monoisotopic (exact) mass is 301 g/mol. The van der Waals surface area contributed by atoms with Crippen LogP contribution < -0.4 is 0 Å². The number of imidazole rings is 1. The molecule has 0 radical (unpaired) electrons. The molecule has 2 fully saturated rings. The Morgan fingerprint density at radius 1 is 1.14 bits per heavy atom. The maximum atomic E-state index is 5.64. The summed E-state index contributed by atoms with van der Waals surface area (Å²) in [5.74, 6) is 2.33. The first-order valence-electron chi connectivity index (χ1n) is 8.36. The lowest BCUT2D eigenvalue weighted by molar-refractivity contribution is 0.0483. The van der Waals surface area contributed by atoms with Gasteiger partial charge in [0, 0.05) is 44.9 Å². The standard InChI is InChI=1S/C17H23N3O2/c1-4-15-17(18-6-1)20(10-14-3-2-7-21-12-14)16(19-15)9-13-5-8-22-11-13/h1,4,6,13-14H,2-3,5,7-12H2. The van der Waals surface area contributed by atoms with Gasteiger partial charge in [-0.25, -0.2) is 9.97 Å². The van der Waals surface area contributed by atoms with Gasteiger partial charge in [-0.3, -0.25) is 0 Å². The van der Waals surface area contributed by atoms with Crippen molar-refractivity contribution in [1.82, 2.24) is 14.5 Å². The van der Waals surface area contributed by atoms with Gasteiger partial charge >= 0.3 is 0 Å². The number of rotatable bonds is 4. The Balaban J connectivity index is 1.63. The van der Waals surface area contributed by atoms with Gasteiger partial charge in [-0.2, -0.15) is 0 Å². The second kappa shape index (κ2) is 6.34. The highest BCUT2D eigenvalue weighted by atomic mass is 16.5. The van der Waals surface area contributed by atoms with Crippen molar-refractivity contribution in [2.45, 2.75) is 32.2 Å². The van der Waals surface area contributed by atoms with E-state index in [-0.39, 0.29) is 0 Å². The average Bonchev–Trinajstić information content (AvgIpc) is 3.18. The van der Waals surface area contributed by atoms with Crippen LogP contribution in [0.1, 0.15) is 25.1 Å². The first-order valence-corrected chi connectivity index (χ1v) is 8.36. The van der Waals surface area contributed by atoms with E-state index < -0.39 is 0 Å².